The summed E-state index contributed by atoms with van der Waals surface area (Å²) in [7, 11) is 0. The first-order valence-electron chi connectivity index (χ1n) is 6.40. The second-order valence-electron chi connectivity index (χ2n) is 4.95. The van der Waals surface area contributed by atoms with Gasteiger partial charge in [-0.3, -0.25) is 0 Å². The Morgan fingerprint density at radius 2 is 1.90 bits per heavy atom. The molecule has 0 saturated heterocycles. The molecule has 2 nitrogen and oxygen atoms in total. The van der Waals surface area contributed by atoms with Crippen LogP contribution in [0, 0.1) is 5.82 Å². The fraction of sp³-hybridized carbons (Fsp3) is 0.250. The molecule has 0 spiro atoms. The van der Waals surface area contributed by atoms with Crippen molar-refractivity contribution in [3.8, 4) is 0 Å². The lowest BCUT2D eigenvalue weighted by molar-refractivity contribution is 0.173. The van der Waals surface area contributed by atoms with Crippen LogP contribution in [-0.2, 0) is 12.1 Å². The fourth-order valence-electron chi connectivity index (χ4n) is 2.01. The van der Waals surface area contributed by atoms with Gasteiger partial charge >= 0.3 is 0 Å². The Morgan fingerprint density at radius 1 is 1.20 bits per heavy atom. The van der Waals surface area contributed by atoms with Crippen molar-refractivity contribution < 1.29 is 9.50 Å². The van der Waals surface area contributed by atoms with Crippen LogP contribution < -0.4 is 5.32 Å². The third kappa shape index (κ3) is 3.45. The molecular formula is C16H17BrFNO. The molecule has 0 aromatic heterocycles. The lowest BCUT2D eigenvalue weighted by atomic mass is 9.92. The van der Waals surface area contributed by atoms with Crippen LogP contribution in [0.3, 0.4) is 0 Å². The van der Waals surface area contributed by atoms with Gasteiger partial charge in [-0.2, -0.15) is 0 Å². The third-order valence-corrected chi connectivity index (χ3v) is 3.90. The monoisotopic (exact) mass is 337 g/mol. The maximum atomic E-state index is 13.8. The second kappa shape index (κ2) is 6.48. The highest BCUT2D eigenvalue weighted by Crippen LogP contribution is 2.22. The summed E-state index contributed by atoms with van der Waals surface area (Å²) in [4.78, 5) is 0. The molecule has 0 aliphatic carbocycles. The van der Waals surface area contributed by atoms with Crippen molar-refractivity contribution >= 4 is 15.9 Å². The topological polar surface area (TPSA) is 32.3 Å². The van der Waals surface area contributed by atoms with E-state index in [1.54, 1.807) is 12.1 Å². The van der Waals surface area contributed by atoms with Gasteiger partial charge in [-0.05, 0) is 24.6 Å². The van der Waals surface area contributed by atoms with E-state index in [0.717, 1.165) is 5.56 Å². The zero-order valence-corrected chi connectivity index (χ0v) is 12.8. The number of halogens is 2. The van der Waals surface area contributed by atoms with E-state index in [1.807, 2.05) is 37.3 Å². The Bertz CT molecular complexity index is 576. The molecule has 4 heteroatoms. The van der Waals surface area contributed by atoms with Crippen LogP contribution in [-0.4, -0.2) is 11.7 Å². The number of hydrogen-bond donors (Lipinski definition) is 2. The Hall–Kier alpha value is -1.23. The van der Waals surface area contributed by atoms with Gasteiger partial charge < -0.3 is 10.4 Å². The van der Waals surface area contributed by atoms with Crippen molar-refractivity contribution in [2.75, 3.05) is 6.61 Å². The smallest absolute Gasteiger partial charge is 0.128 e. The predicted molar refractivity (Wildman–Crippen MR) is 81.8 cm³/mol. The van der Waals surface area contributed by atoms with Gasteiger partial charge in [-0.1, -0.05) is 52.3 Å². The van der Waals surface area contributed by atoms with Gasteiger partial charge in [-0.25, -0.2) is 4.39 Å². The van der Waals surface area contributed by atoms with E-state index in [1.165, 1.54) is 6.07 Å². The number of hydrogen-bond acceptors (Lipinski definition) is 2. The molecule has 2 N–H and O–H groups in total. The van der Waals surface area contributed by atoms with Crippen molar-refractivity contribution in [2.45, 2.75) is 19.0 Å². The molecule has 0 bridgehead atoms. The molecule has 0 amide bonds. The largest absolute Gasteiger partial charge is 0.394 e. The highest BCUT2D eigenvalue weighted by atomic mass is 79.9. The normalized spacial score (nSPS) is 14.0. The van der Waals surface area contributed by atoms with Crippen LogP contribution in [0.2, 0.25) is 0 Å². The minimum absolute atomic E-state index is 0.0604. The third-order valence-electron chi connectivity index (χ3n) is 3.41. The number of nitrogens with one attached hydrogen (secondary N) is 1. The SMILES string of the molecule is CC(CO)(NCc1ccc(Br)cc1F)c1ccccc1. The van der Waals surface area contributed by atoms with Crippen LogP contribution >= 0.6 is 15.9 Å². The lowest BCUT2D eigenvalue weighted by Gasteiger charge is -2.29. The summed E-state index contributed by atoms with van der Waals surface area (Å²) in [6.45, 7) is 2.19. The van der Waals surface area contributed by atoms with Gasteiger partial charge in [0.2, 0.25) is 0 Å². The van der Waals surface area contributed by atoms with E-state index in [4.69, 9.17) is 0 Å². The minimum atomic E-state index is -0.596. The molecule has 0 aliphatic rings. The van der Waals surface area contributed by atoms with E-state index in [0.29, 0.717) is 16.6 Å². The van der Waals surface area contributed by atoms with E-state index >= 15 is 0 Å². The number of aliphatic hydroxyl groups is 1. The first-order valence-corrected chi connectivity index (χ1v) is 7.20. The lowest BCUT2D eigenvalue weighted by Crippen LogP contribution is -2.42. The molecular weight excluding hydrogens is 321 g/mol. The van der Waals surface area contributed by atoms with Crippen LogP contribution in [0.1, 0.15) is 18.1 Å². The molecule has 106 valence electrons. The summed E-state index contributed by atoms with van der Waals surface area (Å²) in [5.41, 5.74) is 0.949. The first-order chi connectivity index (χ1) is 9.55. The summed E-state index contributed by atoms with van der Waals surface area (Å²) < 4.78 is 14.5. The van der Waals surface area contributed by atoms with E-state index < -0.39 is 5.54 Å². The maximum absolute atomic E-state index is 13.8. The zero-order valence-electron chi connectivity index (χ0n) is 11.2. The van der Waals surface area contributed by atoms with Gasteiger partial charge in [0.15, 0.2) is 0 Å². The highest BCUT2D eigenvalue weighted by molar-refractivity contribution is 9.10. The Kier molecular flexibility index (Phi) is 4.91. The van der Waals surface area contributed by atoms with Crippen molar-refractivity contribution in [1.29, 1.82) is 0 Å². The minimum Gasteiger partial charge on any atom is -0.394 e. The number of benzene rings is 2. The molecule has 1 atom stereocenters. The van der Waals surface area contributed by atoms with E-state index in [-0.39, 0.29) is 12.4 Å². The van der Waals surface area contributed by atoms with Crippen LogP contribution in [0.15, 0.2) is 53.0 Å². The molecule has 0 saturated carbocycles. The van der Waals surface area contributed by atoms with Crippen LogP contribution in [0.5, 0.6) is 0 Å². The van der Waals surface area contributed by atoms with Crippen molar-refractivity contribution in [2.24, 2.45) is 0 Å². The number of aliphatic hydroxyl groups excluding tert-OH is 1. The second-order valence-corrected chi connectivity index (χ2v) is 5.86. The quantitative estimate of drug-likeness (QED) is 0.873. The first kappa shape index (κ1) is 15.2. The Balaban J connectivity index is 2.15. The van der Waals surface area contributed by atoms with E-state index in [9.17, 15) is 9.50 Å². The fourth-order valence-corrected chi connectivity index (χ4v) is 2.34. The predicted octanol–water partition coefficient (Wildman–Crippen LogP) is 3.59. The van der Waals surface area contributed by atoms with Crippen LogP contribution in [0.25, 0.3) is 0 Å². The highest BCUT2D eigenvalue weighted by Gasteiger charge is 2.25. The summed E-state index contributed by atoms with van der Waals surface area (Å²) in [6, 6.07) is 14.6. The molecule has 0 fully saturated rings. The maximum Gasteiger partial charge on any atom is 0.128 e. The summed E-state index contributed by atoms with van der Waals surface area (Å²) >= 11 is 3.24. The van der Waals surface area contributed by atoms with Crippen molar-refractivity contribution in [3.05, 3.63) is 69.9 Å². The molecule has 0 aliphatic heterocycles. The van der Waals surface area contributed by atoms with E-state index in [2.05, 4.69) is 21.2 Å². The van der Waals surface area contributed by atoms with Gasteiger partial charge in [0.05, 0.1) is 12.1 Å². The average molecular weight is 338 g/mol. The average Bonchev–Trinajstić information content (AvgIpc) is 2.47. The summed E-state index contributed by atoms with van der Waals surface area (Å²) in [6.07, 6.45) is 0. The molecule has 2 aromatic carbocycles. The van der Waals surface area contributed by atoms with Crippen molar-refractivity contribution in [3.63, 3.8) is 0 Å². The van der Waals surface area contributed by atoms with Gasteiger partial charge in [0.25, 0.3) is 0 Å². The number of rotatable bonds is 5. The molecule has 1 unspecified atom stereocenters. The zero-order chi connectivity index (χ0) is 14.6. The summed E-state index contributed by atoms with van der Waals surface area (Å²) in [5, 5.41) is 12.9. The summed E-state index contributed by atoms with van der Waals surface area (Å²) in [5.74, 6) is -0.264. The Labute approximate surface area is 126 Å². The Morgan fingerprint density at radius 3 is 2.50 bits per heavy atom. The van der Waals surface area contributed by atoms with Gasteiger partial charge in [0, 0.05) is 16.6 Å². The molecule has 2 aromatic rings. The molecule has 0 heterocycles. The standard InChI is InChI=1S/C16H17BrFNO/c1-16(11-20,13-5-3-2-4-6-13)19-10-12-7-8-14(17)9-15(12)18/h2-9,19-20H,10-11H2,1H3. The van der Waals surface area contributed by atoms with Crippen molar-refractivity contribution in [1.82, 2.24) is 5.32 Å². The van der Waals surface area contributed by atoms with Gasteiger partial charge in [0.1, 0.15) is 5.82 Å². The molecule has 2 rings (SSSR count). The molecule has 20 heavy (non-hydrogen) atoms. The van der Waals surface area contributed by atoms with Crippen LogP contribution in [0.4, 0.5) is 4.39 Å². The molecule has 0 radical (unpaired) electrons. The van der Waals surface area contributed by atoms with Gasteiger partial charge in [-0.15, -0.1) is 0 Å².